The topological polar surface area (TPSA) is 9.23 Å². The monoisotopic (exact) mass is 380 g/mol. The predicted molar refractivity (Wildman–Crippen MR) is 121 cm³/mol. The molecule has 3 unspecified atom stereocenters. The lowest BCUT2D eigenvalue weighted by molar-refractivity contribution is 0.353. The fourth-order valence-electron chi connectivity index (χ4n) is 5.43. The van der Waals surface area contributed by atoms with Gasteiger partial charge in [0.25, 0.3) is 0 Å². The maximum atomic E-state index is 6.34. The average molecular weight is 381 g/mol. The van der Waals surface area contributed by atoms with Gasteiger partial charge in [-0.05, 0) is 46.4 Å². The molecule has 0 aromatic heterocycles. The molecule has 0 saturated heterocycles. The Balaban J connectivity index is 2.12. The normalized spacial score (nSPS) is 25.1. The van der Waals surface area contributed by atoms with Gasteiger partial charge in [0.15, 0.2) is 0 Å². The second-order valence-electron chi connectivity index (χ2n) is 9.97. The molecule has 1 nitrogen and oxygen atoms in total. The molecule has 0 bridgehead atoms. The Morgan fingerprint density at radius 2 is 2.00 bits per heavy atom. The highest BCUT2D eigenvalue weighted by molar-refractivity contribution is 6.92. The van der Waals surface area contributed by atoms with Gasteiger partial charge in [0.2, 0.25) is 0 Å². The van der Waals surface area contributed by atoms with Crippen LogP contribution in [0.5, 0.6) is 5.75 Å². The van der Waals surface area contributed by atoms with E-state index in [0.29, 0.717) is 12.1 Å². The second kappa shape index (κ2) is 7.47. The number of ether oxygens (including phenoxy) is 1. The molecule has 2 aliphatic rings. The highest BCUT2D eigenvalue weighted by Gasteiger charge is 2.47. The molecule has 0 spiro atoms. The molecule has 1 aromatic rings. The van der Waals surface area contributed by atoms with Crippen LogP contribution in [0.15, 0.2) is 54.7 Å². The molecule has 0 aliphatic heterocycles. The number of hydrogen-bond donors (Lipinski definition) is 0. The maximum absolute atomic E-state index is 6.34. The van der Waals surface area contributed by atoms with Gasteiger partial charge in [-0.25, -0.2) is 0 Å². The van der Waals surface area contributed by atoms with Crippen molar-refractivity contribution in [3.63, 3.8) is 0 Å². The number of fused-ring (bicyclic) bond motifs is 1. The quantitative estimate of drug-likeness (QED) is 0.425. The molecule has 0 amide bonds. The van der Waals surface area contributed by atoms with Crippen LogP contribution in [0.4, 0.5) is 0 Å². The Morgan fingerprint density at radius 3 is 2.67 bits per heavy atom. The summed E-state index contributed by atoms with van der Waals surface area (Å²) in [6.07, 6.45) is 11.5. The van der Waals surface area contributed by atoms with Gasteiger partial charge < -0.3 is 4.74 Å². The predicted octanol–water partition coefficient (Wildman–Crippen LogP) is 6.38. The molecule has 1 fully saturated rings. The third kappa shape index (κ3) is 3.74. The molecule has 3 atom stereocenters. The highest BCUT2D eigenvalue weighted by Crippen LogP contribution is 2.53. The molecule has 1 aromatic carbocycles. The van der Waals surface area contributed by atoms with E-state index in [1.165, 1.54) is 23.6 Å². The van der Waals surface area contributed by atoms with Crippen molar-refractivity contribution in [3.8, 4) is 5.75 Å². The number of rotatable bonds is 5. The first-order valence-electron chi connectivity index (χ1n) is 10.4. The Morgan fingerprint density at radius 1 is 1.26 bits per heavy atom. The Bertz CT molecular complexity index is 763. The minimum atomic E-state index is -1.78. The third-order valence-corrected chi connectivity index (χ3v) is 10.8. The first-order valence-corrected chi connectivity index (χ1v) is 13.5. The summed E-state index contributed by atoms with van der Waals surface area (Å²) in [7, 11) is -1.78. The van der Waals surface area contributed by atoms with Crippen LogP contribution < -0.4 is 9.92 Å². The van der Waals surface area contributed by atoms with Crippen LogP contribution in [-0.2, 0) is 5.41 Å². The lowest BCUT2D eigenvalue weighted by Crippen LogP contribution is -2.48. The lowest BCUT2D eigenvalue weighted by Gasteiger charge is -2.37. The largest absolute Gasteiger partial charge is 0.489 e. The third-order valence-electron chi connectivity index (χ3n) is 6.54. The van der Waals surface area contributed by atoms with Gasteiger partial charge in [-0.3, -0.25) is 0 Å². The molecular weight excluding hydrogens is 344 g/mol. The molecule has 27 heavy (non-hydrogen) atoms. The summed E-state index contributed by atoms with van der Waals surface area (Å²) < 4.78 is 6.34. The zero-order valence-corrected chi connectivity index (χ0v) is 19.0. The second-order valence-corrected chi connectivity index (χ2v) is 14.6. The van der Waals surface area contributed by atoms with Gasteiger partial charge in [0.05, 0.1) is 8.07 Å². The van der Waals surface area contributed by atoms with Crippen molar-refractivity contribution in [3.05, 3.63) is 60.2 Å². The van der Waals surface area contributed by atoms with Crippen molar-refractivity contribution >= 4 is 13.3 Å². The van der Waals surface area contributed by atoms with Crippen LogP contribution in [-0.4, -0.2) is 14.7 Å². The summed E-state index contributed by atoms with van der Waals surface area (Å²) in [6, 6.07) is 6.84. The van der Waals surface area contributed by atoms with Crippen molar-refractivity contribution in [2.45, 2.75) is 64.6 Å². The number of allylic oxidation sites excluding steroid dienone is 4. The highest BCUT2D eigenvalue weighted by atomic mass is 28.3. The summed E-state index contributed by atoms with van der Waals surface area (Å²) in [4.78, 5) is 0. The van der Waals surface area contributed by atoms with Crippen molar-refractivity contribution in [2.75, 3.05) is 6.61 Å². The van der Waals surface area contributed by atoms with Gasteiger partial charge >= 0.3 is 0 Å². The minimum Gasteiger partial charge on any atom is -0.489 e. The molecular formula is C25H36OSi. The van der Waals surface area contributed by atoms with Crippen molar-refractivity contribution in [2.24, 2.45) is 11.8 Å². The fraction of sp³-hybridized carbons (Fsp3) is 0.520. The van der Waals surface area contributed by atoms with Crippen LogP contribution in [0.2, 0.25) is 18.6 Å². The Kier molecular flexibility index (Phi) is 5.58. The fourth-order valence-corrected chi connectivity index (χ4v) is 9.80. The average Bonchev–Trinajstić information content (AvgIpc) is 2.95. The van der Waals surface area contributed by atoms with Crippen LogP contribution >= 0.6 is 0 Å². The zero-order valence-electron chi connectivity index (χ0n) is 18.0. The first kappa shape index (κ1) is 20.2. The maximum Gasteiger partial charge on any atom is 0.122 e. The summed E-state index contributed by atoms with van der Waals surface area (Å²) in [5.74, 6) is 2.63. The van der Waals surface area contributed by atoms with Crippen LogP contribution in [0.1, 0.15) is 46.1 Å². The molecule has 0 radical (unpaired) electrons. The molecule has 0 N–H and O–H groups in total. The smallest absolute Gasteiger partial charge is 0.122 e. The summed E-state index contributed by atoms with van der Waals surface area (Å²) in [5, 5.41) is 1.48. The summed E-state index contributed by atoms with van der Waals surface area (Å²) in [5.41, 5.74) is 3.78. The molecule has 1 saturated carbocycles. The number of hydrogen-bond acceptors (Lipinski definition) is 1. The van der Waals surface area contributed by atoms with Crippen LogP contribution in [0.3, 0.4) is 0 Å². The Hall–Kier alpha value is -1.54. The van der Waals surface area contributed by atoms with E-state index < -0.39 is 8.07 Å². The van der Waals surface area contributed by atoms with E-state index in [4.69, 9.17) is 4.74 Å². The van der Waals surface area contributed by atoms with Crippen LogP contribution in [0, 0.1) is 11.8 Å². The minimum absolute atomic E-state index is 0.0632. The van der Waals surface area contributed by atoms with Gasteiger partial charge in [-0.1, -0.05) is 95.4 Å². The van der Waals surface area contributed by atoms with E-state index in [2.05, 4.69) is 83.8 Å². The van der Waals surface area contributed by atoms with Crippen molar-refractivity contribution in [1.82, 2.24) is 0 Å². The molecule has 2 aliphatic carbocycles. The molecule has 2 heteroatoms. The van der Waals surface area contributed by atoms with Gasteiger partial charge in [-0.2, -0.15) is 0 Å². The van der Waals surface area contributed by atoms with Crippen LogP contribution in [0.25, 0.3) is 0 Å². The van der Waals surface area contributed by atoms with E-state index in [9.17, 15) is 0 Å². The van der Waals surface area contributed by atoms with Crippen molar-refractivity contribution < 1.29 is 4.74 Å². The lowest BCUT2D eigenvalue weighted by atomic mass is 9.86. The molecule has 146 valence electrons. The van der Waals surface area contributed by atoms with E-state index in [1.807, 2.05) is 6.08 Å². The summed E-state index contributed by atoms with van der Waals surface area (Å²) in [6.45, 7) is 18.9. The van der Waals surface area contributed by atoms with E-state index in [0.717, 1.165) is 17.6 Å². The van der Waals surface area contributed by atoms with E-state index in [1.54, 1.807) is 5.57 Å². The first-order chi connectivity index (χ1) is 12.7. The Labute approximate surface area is 167 Å². The van der Waals surface area contributed by atoms with Crippen molar-refractivity contribution in [1.29, 1.82) is 0 Å². The number of benzene rings is 1. The van der Waals surface area contributed by atoms with E-state index >= 15 is 0 Å². The number of para-hydroxylation sites is 1. The standard InChI is InChI=1S/C25H36OSi/c1-8-16-26-23-21(25(3,4)5)14-11-15-22(23)27(6,7)24-18(2)17-19-12-9-10-13-20(19)24/h8-11,13-15,18-19,24H,1,12,16-17H2,2-7H3. The zero-order chi connectivity index (χ0) is 19.8. The van der Waals surface area contributed by atoms with Gasteiger partial charge in [0, 0.05) is 0 Å². The SMILES string of the molecule is C=CCOc1c(C(C)(C)C)cccc1[Si](C)(C)C1C2=CC=CCC2CC1C. The summed E-state index contributed by atoms with van der Waals surface area (Å²) >= 11 is 0. The molecule has 3 rings (SSSR count). The van der Waals surface area contributed by atoms with Gasteiger partial charge in [-0.15, -0.1) is 0 Å². The molecule has 0 heterocycles. The van der Waals surface area contributed by atoms with Gasteiger partial charge in [0.1, 0.15) is 12.4 Å². The van der Waals surface area contributed by atoms with E-state index in [-0.39, 0.29) is 5.41 Å².